The SMILES string of the molecule is CC(=O)N1CCC2=C(C1)C(c1ccc(Cl)c3ccncc13)=NC(CC1CCOCC1)CC2. The molecule has 0 bridgehead atoms. The number of aliphatic imine (C=N–C) groups is 1. The van der Waals surface area contributed by atoms with Gasteiger partial charge in [-0.2, -0.15) is 0 Å². The molecule has 0 N–H and O–H groups in total. The van der Waals surface area contributed by atoms with E-state index in [1.54, 1.807) is 13.1 Å². The summed E-state index contributed by atoms with van der Waals surface area (Å²) in [6, 6.07) is 6.30. The Morgan fingerprint density at radius 2 is 2.00 bits per heavy atom. The Kier molecular flexibility index (Phi) is 6.29. The van der Waals surface area contributed by atoms with Crippen LogP contribution < -0.4 is 0 Å². The van der Waals surface area contributed by atoms with Gasteiger partial charge in [0.05, 0.1) is 11.8 Å². The number of fused-ring (bicyclic) bond motifs is 1. The van der Waals surface area contributed by atoms with E-state index < -0.39 is 0 Å². The zero-order valence-electron chi connectivity index (χ0n) is 18.6. The van der Waals surface area contributed by atoms with Crippen molar-refractivity contribution in [3.05, 3.63) is 52.3 Å². The molecule has 0 radical (unpaired) electrons. The van der Waals surface area contributed by atoms with E-state index in [1.165, 1.54) is 11.1 Å². The molecule has 0 aliphatic carbocycles. The van der Waals surface area contributed by atoms with Crippen molar-refractivity contribution in [3.8, 4) is 0 Å². The predicted octanol–water partition coefficient (Wildman–Crippen LogP) is 5.21. The first kappa shape index (κ1) is 21.6. The van der Waals surface area contributed by atoms with Gasteiger partial charge >= 0.3 is 0 Å². The number of aromatic nitrogens is 1. The van der Waals surface area contributed by atoms with Gasteiger partial charge < -0.3 is 9.64 Å². The number of ether oxygens (including phenoxy) is 1. The molecule has 6 heteroatoms. The topological polar surface area (TPSA) is 54.8 Å². The van der Waals surface area contributed by atoms with Crippen molar-refractivity contribution in [3.63, 3.8) is 0 Å². The number of hydrogen-bond acceptors (Lipinski definition) is 4. The van der Waals surface area contributed by atoms with Crippen molar-refractivity contribution < 1.29 is 9.53 Å². The van der Waals surface area contributed by atoms with Crippen LogP contribution >= 0.6 is 11.6 Å². The van der Waals surface area contributed by atoms with Crippen LogP contribution in [-0.2, 0) is 9.53 Å². The van der Waals surface area contributed by atoms with Crippen LogP contribution in [0.3, 0.4) is 0 Å². The molecule has 3 aliphatic rings. The number of carbonyl (C=O) groups excluding carboxylic acids is 1. The normalized spacial score (nSPS) is 22.5. The number of halogens is 1. The van der Waals surface area contributed by atoms with E-state index in [4.69, 9.17) is 21.3 Å². The van der Waals surface area contributed by atoms with E-state index in [9.17, 15) is 4.79 Å². The second-order valence-corrected chi connectivity index (χ2v) is 9.66. The Bertz CT molecular complexity index is 1090. The van der Waals surface area contributed by atoms with Gasteiger partial charge in [-0.3, -0.25) is 14.8 Å². The molecule has 1 unspecified atom stereocenters. The molecule has 1 atom stereocenters. The zero-order valence-corrected chi connectivity index (χ0v) is 19.4. The first-order valence-electron chi connectivity index (χ1n) is 11.7. The monoisotopic (exact) mass is 451 g/mol. The Balaban J connectivity index is 1.59. The Morgan fingerprint density at radius 1 is 1.16 bits per heavy atom. The number of amides is 1. The van der Waals surface area contributed by atoms with Crippen LogP contribution in [0.1, 0.15) is 51.0 Å². The highest BCUT2D eigenvalue weighted by molar-refractivity contribution is 6.36. The summed E-state index contributed by atoms with van der Waals surface area (Å²) >= 11 is 6.52. The highest BCUT2D eigenvalue weighted by atomic mass is 35.5. The summed E-state index contributed by atoms with van der Waals surface area (Å²) in [5.74, 6) is 0.799. The molecule has 1 saturated heterocycles. The summed E-state index contributed by atoms with van der Waals surface area (Å²) in [6.45, 7) is 4.83. The van der Waals surface area contributed by atoms with Crippen molar-refractivity contribution in [2.45, 2.75) is 51.5 Å². The van der Waals surface area contributed by atoms with Gasteiger partial charge in [0, 0.05) is 67.0 Å². The smallest absolute Gasteiger partial charge is 0.219 e. The summed E-state index contributed by atoms with van der Waals surface area (Å²) in [7, 11) is 0. The summed E-state index contributed by atoms with van der Waals surface area (Å²) in [4.78, 5) is 24.0. The molecule has 0 spiro atoms. The second-order valence-electron chi connectivity index (χ2n) is 9.25. The van der Waals surface area contributed by atoms with Crippen LogP contribution in [0, 0.1) is 5.92 Å². The molecule has 1 amide bonds. The van der Waals surface area contributed by atoms with Gasteiger partial charge in [-0.15, -0.1) is 0 Å². The summed E-state index contributed by atoms with van der Waals surface area (Å²) in [6.07, 6.45) is 10.1. The fourth-order valence-electron chi connectivity index (χ4n) is 5.38. The van der Waals surface area contributed by atoms with Gasteiger partial charge in [-0.1, -0.05) is 23.2 Å². The van der Waals surface area contributed by atoms with Crippen LogP contribution in [0.25, 0.3) is 10.8 Å². The molecule has 0 saturated carbocycles. The van der Waals surface area contributed by atoms with E-state index in [1.807, 2.05) is 23.2 Å². The van der Waals surface area contributed by atoms with Gasteiger partial charge in [-0.25, -0.2) is 0 Å². The quantitative estimate of drug-likeness (QED) is 0.644. The highest BCUT2D eigenvalue weighted by Gasteiger charge is 2.30. The number of hydrogen-bond donors (Lipinski definition) is 0. The molecule has 5 nitrogen and oxygen atoms in total. The van der Waals surface area contributed by atoms with Gasteiger partial charge in [0.1, 0.15) is 0 Å². The predicted molar refractivity (Wildman–Crippen MR) is 128 cm³/mol. The molecule has 1 aromatic heterocycles. The third-order valence-electron chi connectivity index (χ3n) is 7.25. The summed E-state index contributed by atoms with van der Waals surface area (Å²) < 4.78 is 5.57. The molecule has 168 valence electrons. The maximum atomic E-state index is 12.2. The van der Waals surface area contributed by atoms with Crippen molar-refractivity contribution >= 4 is 34.0 Å². The minimum absolute atomic E-state index is 0.126. The van der Waals surface area contributed by atoms with Gasteiger partial charge in [0.25, 0.3) is 0 Å². The number of carbonyl (C=O) groups is 1. The van der Waals surface area contributed by atoms with Crippen molar-refractivity contribution in [1.29, 1.82) is 0 Å². The number of nitrogens with zero attached hydrogens (tertiary/aromatic N) is 3. The molecule has 1 aromatic carbocycles. The molecule has 5 rings (SSSR count). The van der Waals surface area contributed by atoms with Gasteiger partial charge in [0.15, 0.2) is 0 Å². The fourth-order valence-corrected chi connectivity index (χ4v) is 5.61. The summed E-state index contributed by atoms with van der Waals surface area (Å²) in [5, 5.41) is 2.74. The minimum Gasteiger partial charge on any atom is -0.381 e. The largest absolute Gasteiger partial charge is 0.381 e. The molecule has 2 aromatic rings. The summed E-state index contributed by atoms with van der Waals surface area (Å²) in [5.41, 5.74) is 4.81. The molecule has 1 fully saturated rings. The lowest BCUT2D eigenvalue weighted by atomic mass is 9.88. The highest BCUT2D eigenvalue weighted by Crippen LogP contribution is 2.35. The lowest BCUT2D eigenvalue weighted by Gasteiger charge is -2.30. The lowest BCUT2D eigenvalue weighted by molar-refractivity contribution is -0.128. The minimum atomic E-state index is 0.126. The Labute approximate surface area is 194 Å². The second kappa shape index (κ2) is 9.32. The van der Waals surface area contributed by atoms with Crippen LogP contribution in [-0.4, -0.2) is 53.8 Å². The average Bonchev–Trinajstić information content (AvgIpc) is 2.99. The maximum Gasteiger partial charge on any atom is 0.219 e. The standard InChI is InChI=1S/C26H30ClN3O2/c1-17(31)30-11-7-19-2-3-20(14-18-8-12-32-13-9-18)29-26(24(19)16-30)22-4-5-25(27)21-6-10-28-15-23(21)22/h4-6,10,15,18,20H,2-3,7-9,11-14,16H2,1H3. The van der Waals surface area contributed by atoms with Gasteiger partial charge in [-0.05, 0) is 62.1 Å². The number of pyridine rings is 1. The fraction of sp³-hybridized carbons (Fsp3) is 0.500. The van der Waals surface area contributed by atoms with Gasteiger partial charge in [0.2, 0.25) is 5.91 Å². The first-order chi connectivity index (χ1) is 15.6. The van der Waals surface area contributed by atoms with Crippen molar-refractivity contribution in [1.82, 2.24) is 9.88 Å². The van der Waals surface area contributed by atoms with Crippen LogP contribution in [0.5, 0.6) is 0 Å². The van der Waals surface area contributed by atoms with E-state index in [0.717, 1.165) is 85.4 Å². The maximum absolute atomic E-state index is 12.2. The van der Waals surface area contributed by atoms with Crippen LogP contribution in [0.4, 0.5) is 0 Å². The Hall–Kier alpha value is -2.24. The zero-order chi connectivity index (χ0) is 22.1. The third-order valence-corrected chi connectivity index (χ3v) is 7.58. The molecular formula is C26H30ClN3O2. The molecule has 32 heavy (non-hydrogen) atoms. The lowest BCUT2D eigenvalue weighted by Crippen LogP contribution is -2.37. The van der Waals surface area contributed by atoms with E-state index in [-0.39, 0.29) is 11.9 Å². The van der Waals surface area contributed by atoms with Crippen molar-refractivity contribution in [2.24, 2.45) is 10.9 Å². The average molecular weight is 452 g/mol. The molecular weight excluding hydrogens is 422 g/mol. The number of rotatable bonds is 3. The van der Waals surface area contributed by atoms with Crippen LogP contribution in [0.15, 0.2) is 46.7 Å². The first-order valence-corrected chi connectivity index (χ1v) is 12.1. The molecule has 4 heterocycles. The van der Waals surface area contributed by atoms with E-state index in [0.29, 0.717) is 12.5 Å². The van der Waals surface area contributed by atoms with E-state index >= 15 is 0 Å². The number of benzene rings is 1. The van der Waals surface area contributed by atoms with Crippen molar-refractivity contribution in [2.75, 3.05) is 26.3 Å². The van der Waals surface area contributed by atoms with E-state index in [2.05, 4.69) is 11.1 Å². The molecule has 3 aliphatic heterocycles. The third kappa shape index (κ3) is 4.33. The van der Waals surface area contributed by atoms with Crippen LogP contribution in [0.2, 0.25) is 5.02 Å². The Morgan fingerprint density at radius 3 is 2.81 bits per heavy atom.